The molecular weight excluding hydrogens is 370 g/mol. The minimum absolute atomic E-state index is 0.152. The van der Waals surface area contributed by atoms with Crippen molar-refractivity contribution in [3.05, 3.63) is 59.7 Å². The molecule has 3 rings (SSSR count). The molecule has 2 aromatic rings. The molecule has 0 spiro atoms. The molecule has 2 aromatic carbocycles. The van der Waals surface area contributed by atoms with Gasteiger partial charge in [-0.25, -0.2) is 4.79 Å². The molecule has 0 saturated carbocycles. The van der Waals surface area contributed by atoms with Crippen molar-refractivity contribution in [3.8, 4) is 11.5 Å². The van der Waals surface area contributed by atoms with Gasteiger partial charge in [0.2, 0.25) is 0 Å². The minimum atomic E-state index is -0.559. The molecule has 0 aliphatic carbocycles. The monoisotopic (exact) mass is 397 g/mol. The number of methoxy groups -OCH3 is 1. The molecule has 1 aliphatic rings. The SMILES string of the molecule is COc1cc(C(=O)OCC(=O)N2CCCC[C@@H]2C)ccc1OCc1ccccc1. The first-order chi connectivity index (χ1) is 14.1. The van der Waals surface area contributed by atoms with Gasteiger partial charge in [-0.3, -0.25) is 4.79 Å². The van der Waals surface area contributed by atoms with Gasteiger partial charge in [0.25, 0.3) is 5.91 Å². The zero-order valence-corrected chi connectivity index (χ0v) is 16.9. The van der Waals surface area contributed by atoms with Crippen LogP contribution in [0.4, 0.5) is 0 Å². The minimum Gasteiger partial charge on any atom is -0.493 e. The van der Waals surface area contributed by atoms with Crippen LogP contribution in [-0.2, 0) is 16.1 Å². The van der Waals surface area contributed by atoms with E-state index in [0.29, 0.717) is 23.7 Å². The Morgan fingerprint density at radius 3 is 2.59 bits per heavy atom. The average Bonchev–Trinajstić information content (AvgIpc) is 2.76. The Kier molecular flexibility index (Phi) is 7.11. The average molecular weight is 397 g/mol. The predicted octanol–water partition coefficient (Wildman–Crippen LogP) is 3.83. The number of amides is 1. The smallest absolute Gasteiger partial charge is 0.338 e. The van der Waals surface area contributed by atoms with E-state index in [1.165, 1.54) is 7.11 Å². The van der Waals surface area contributed by atoms with Crippen molar-refractivity contribution in [3.63, 3.8) is 0 Å². The van der Waals surface area contributed by atoms with Gasteiger partial charge in [-0.2, -0.15) is 0 Å². The Hall–Kier alpha value is -3.02. The Balaban J connectivity index is 1.58. The molecule has 0 aromatic heterocycles. The number of likely N-dealkylation sites (tertiary alicyclic amines) is 1. The summed E-state index contributed by atoms with van der Waals surface area (Å²) in [4.78, 5) is 26.5. The first-order valence-electron chi connectivity index (χ1n) is 9.90. The number of esters is 1. The van der Waals surface area contributed by atoms with Crippen LogP contribution in [0.25, 0.3) is 0 Å². The normalized spacial score (nSPS) is 16.2. The molecule has 1 fully saturated rings. The highest BCUT2D eigenvalue weighted by molar-refractivity contribution is 5.92. The summed E-state index contributed by atoms with van der Waals surface area (Å²) < 4.78 is 16.4. The molecular formula is C23H27NO5. The molecule has 154 valence electrons. The second-order valence-corrected chi connectivity index (χ2v) is 7.15. The number of carbonyl (C=O) groups is 2. The van der Waals surface area contributed by atoms with Crippen LogP contribution in [0.5, 0.6) is 11.5 Å². The van der Waals surface area contributed by atoms with E-state index < -0.39 is 5.97 Å². The Labute approximate surface area is 171 Å². The van der Waals surface area contributed by atoms with Gasteiger partial charge in [0.05, 0.1) is 12.7 Å². The van der Waals surface area contributed by atoms with Crippen molar-refractivity contribution in [2.45, 2.75) is 38.8 Å². The van der Waals surface area contributed by atoms with E-state index in [0.717, 1.165) is 31.4 Å². The number of benzene rings is 2. The molecule has 6 nitrogen and oxygen atoms in total. The van der Waals surface area contributed by atoms with Crippen molar-refractivity contribution in [2.75, 3.05) is 20.3 Å². The number of hydrogen-bond donors (Lipinski definition) is 0. The first-order valence-corrected chi connectivity index (χ1v) is 9.90. The van der Waals surface area contributed by atoms with Crippen molar-refractivity contribution >= 4 is 11.9 Å². The molecule has 0 unspecified atom stereocenters. The fourth-order valence-electron chi connectivity index (χ4n) is 3.41. The molecule has 1 atom stereocenters. The number of piperidine rings is 1. The summed E-state index contributed by atoms with van der Waals surface area (Å²) in [5.74, 6) is 0.258. The number of nitrogens with zero attached hydrogens (tertiary/aromatic N) is 1. The van der Waals surface area contributed by atoms with Gasteiger partial charge < -0.3 is 19.1 Å². The third-order valence-corrected chi connectivity index (χ3v) is 5.09. The molecule has 0 N–H and O–H groups in total. The quantitative estimate of drug-likeness (QED) is 0.665. The maximum atomic E-state index is 12.4. The van der Waals surface area contributed by atoms with E-state index in [-0.39, 0.29) is 18.6 Å². The number of carbonyl (C=O) groups excluding carboxylic acids is 2. The summed E-state index contributed by atoms with van der Waals surface area (Å²) in [6.45, 7) is 2.89. The van der Waals surface area contributed by atoms with Crippen LogP contribution in [0.3, 0.4) is 0 Å². The second-order valence-electron chi connectivity index (χ2n) is 7.15. The van der Waals surface area contributed by atoms with E-state index in [1.807, 2.05) is 37.3 Å². The fourth-order valence-corrected chi connectivity index (χ4v) is 3.41. The summed E-state index contributed by atoms with van der Waals surface area (Å²) in [7, 11) is 1.51. The number of rotatable bonds is 7. The highest BCUT2D eigenvalue weighted by Crippen LogP contribution is 2.29. The van der Waals surface area contributed by atoms with Crippen LogP contribution in [0.15, 0.2) is 48.5 Å². The van der Waals surface area contributed by atoms with Crippen LogP contribution >= 0.6 is 0 Å². The largest absolute Gasteiger partial charge is 0.493 e. The maximum Gasteiger partial charge on any atom is 0.338 e. The lowest BCUT2D eigenvalue weighted by Crippen LogP contribution is -2.44. The van der Waals surface area contributed by atoms with Gasteiger partial charge in [-0.05, 0) is 49.9 Å². The van der Waals surface area contributed by atoms with E-state index in [2.05, 4.69) is 0 Å². The van der Waals surface area contributed by atoms with E-state index in [1.54, 1.807) is 23.1 Å². The van der Waals surface area contributed by atoms with E-state index in [4.69, 9.17) is 14.2 Å². The van der Waals surface area contributed by atoms with Crippen LogP contribution in [0.1, 0.15) is 42.1 Å². The van der Waals surface area contributed by atoms with E-state index in [9.17, 15) is 9.59 Å². The molecule has 29 heavy (non-hydrogen) atoms. The summed E-state index contributed by atoms with van der Waals surface area (Å²) >= 11 is 0. The molecule has 1 heterocycles. The first kappa shape index (κ1) is 20.7. The topological polar surface area (TPSA) is 65.1 Å². The molecule has 0 radical (unpaired) electrons. The Morgan fingerprint density at radius 2 is 1.86 bits per heavy atom. The summed E-state index contributed by atoms with van der Waals surface area (Å²) in [5.41, 5.74) is 1.34. The standard InChI is InChI=1S/C23H27NO5/c1-17-8-6-7-13-24(17)22(25)16-29-23(26)19-11-12-20(21(14-19)27-2)28-15-18-9-4-3-5-10-18/h3-5,9-12,14,17H,6-8,13,15-16H2,1-2H3/t17-/m0/s1. The zero-order valence-electron chi connectivity index (χ0n) is 16.9. The van der Waals surface area contributed by atoms with Crippen molar-refractivity contribution in [2.24, 2.45) is 0 Å². The molecule has 0 bridgehead atoms. The van der Waals surface area contributed by atoms with Crippen LogP contribution in [0.2, 0.25) is 0 Å². The van der Waals surface area contributed by atoms with Crippen molar-refractivity contribution < 1.29 is 23.8 Å². The van der Waals surface area contributed by atoms with Gasteiger partial charge in [0.1, 0.15) is 6.61 Å². The Morgan fingerprint density at radius 1 is 1.07 bits per heavy atom. The molecule has 6 heteroatoms. The summed E-state index contributed by atoms with van der Waals surface area (Å²) in [6.07, 6.45) is 3.11. The van der Waals surface area contributed by atoms with Gasteiger partial charge >= 0.3 is 5.97 Å². The van der Waals surface area contributed by atoms with Crippen LogP contribution in [-0.4, -0.2) is 43.1 Å². The molecule has 1 aliphatic heterocycles. The van der Waals surface area contributed by atoms with Crippen molar-refractivity contribution in [1.29, 1.82) is 0 Å². The van der Waals surface area contributed by atoms with Gasteiger partial charge in [0.15, 0.2) is 18.1 Å². The van der Waals surface area contributed by atoms with Crippen molar-refractivity contribution in [1.82, 2.24) is 4.90 Å². The molecule has 1 amide bonds. The third kappa shape index (κ3) is 5.50. The van der Waals surface area contributed by atoms with Crippen LogP contribution < -0.4 is 9.47 Å². The summed E-state index contributed by atoms with van der Waals surface area (Å²) in [5, 5.41) is 0. The predicted molar refractivity (Wildman–Crippen MR) is 109 cm³/mol. The fraction of sp³-hybridized carbons (Fsp3) is 0.391. The highest BCUT2D eigenvalue weighted by atomic mass is 16.5. The zero-order chi connectivity index (χ0) is 20.6. The van der Waals surface area contributed by atoms with Gasteiger partial charge in [0, 0.05) is 12.6 Å². The third-order valence-electron chi connectivity index (χ3n) is 5.09. The van der Waals surface area contributed by atoms with Crippen LogP contribution in [0, 0.1) is 0 Å². The summed E-state index contributed by atoms with van der Waals surface area (Å²) in [6, 6.07) is 14.8. The lowest BCUT2D eigenvalue weighted by Gasteiger charge is -2.33. The molecule has 1 saturated heterocycles. The highest BCUT2D eigenvalue weighted by Gasteiger charge is 2.24. The number of ether oxygens (including phenoxy) is 3. The van der Waals surface area contributed by atoms with Gasteiger partial charge in [-0.15, -0.1) is 0 Å². The number of hydrogen-bond acceptors (Lipinski definition) is 5. The van der Waals surface area contributed by atoms with E-state index >= 15 is 0 Å². The van der Waals surface area contributed by atoms with Gasteiger partial charge in [-0.1, -0.05) is 30.3 Å². The lowest BCUT2D eigenvalue weighted by molar-refractivity contribution is -0.137. The maximum absolute atomic E-state index is 12.4. The second kappa shape index (κ2) is 9.96. The Bertz CT molecular complexity index is 836. The lowest BCUT2D eigenvalue weighted by atomic mass is 10.0.